The Balaban J connectivity index is 1.68. The fourth-order valence-electron chi connectivity index (χ4n) is 8.36. The van der Waals surface area contributed by atoms with E-state index in [1.165, 1.54) is 51.9 Å². The maximum absolute atomic E-state index is 12.7. The van der Waals surface area contributed by atoms with Crippen molar-refractivity contribution in [2.75, 3.05) is 0 Å². The molecule has 4 fully saturated rings. The average molecular weight is 361 g/mol. The molecule has 0 heterocycles. The van der Waals surface area contributed by atoms with Crippen LogP contribution in [0.2, 0.25) is 0 Å². The van der Waals surface area contributed by atoms with Crippen LogP contribution in [0.25, 0.3) is 0 Å². The molecular weight excluding hydrogens is 324 g/mol. The molecule has 3 heteroatoms. The van der Waals surface area contributed by atoms with E-state index in [0.717, 1.165) is 31.1 Å². The molecule has 0 amide bonds. The topological polar surface area (TPSA) is 43.4 Å². The van der Waals surface area contributed by atoms with E-state index in [4.69, 9.17) is 4.74 Å². The van der Waals surface area contributed by atoms with Crippen molar-refractivity contribution in [2.24, 2.45) is 34.5 Å². The summed E-state index contributed by atoms with van der Waals surface area (Å²) in [5.74, 6) is 2.73. The molecule has 3 nitrogen and oxygen atoms in total. The van der Waals surface area contributed by atoms with Crippen LogP contribution in [0.5, 0.6) is 0 Å². The van der Waals surface area contributed by atoms with Crippen LogP contribution in [0.4, 0.5) is 0 Å². The Labute approximate surface area is 158 Å². The monoisotopic (exact) mass is 360 g/mol. The van der Waals surface area contributed by atoms with Crippen LogP contribution >= 0.6 is 0 Å². The largest absolute Gasteiger partial charge is 0.451 e. The van der Waals surface area contributed by atoms with Crippen LogP contribution in [-0.4, -0.2) is 17.4 Å². The summed E-state index contributed by atoms with van der Waals surface area (Å²) in [6.45, 7) is 7.94. The first-order valence-electron chi connectivity index (χ1n) is 11.0. The number of ether oxygens (including phenoxy) is 1. The fourth-order valence-corrected chi connectivity index (χ4v) is 8.36. The lowest BCUT2D eigenvalue weighted by Crippen LogP contribution is -2.59. The number of carbonyl (C=O) groups is 2. The quantitative estimate of drug-likeness (QED) is 0.627. The lowest BCUT2D eigenvalue weighted by molar-refractivity contribution is -0.191. The van der Waals surface area contributed by atoms with Crippen molar-refractivity contribution >= 4 is 11.8 Å². The molecule has 4 aliphatic rings. The van der Waals surface area contributed by atoms with Gasteiger partial charge in [0.2, 0.25) is 0 Å². The molecule has 26 heavy (non-hydrogen) atoms. The van der Waals surface area contributed by atoms with Crippen LogP contribution in [0.3, 0.4) is 0 Å². The molecule has 4 aliphatic carbocycles. The number of esters is 1. The standard InChI is InChI=1S/C23H36O3/c1-15(24)23(26-16(2)25)14-11-20-18-9-8-17-7-5-6-12-21(17,3)19(18)10-13-22(20,23)4/h17-20H,5-14H2,1-4H3/t17?,18-,19+,20+,21+,22+,23+/m1/s1. The molecule has 0 N–H and O–H groups in total. The van der Waals surface area contributed by atoms with Crippen molar-refractivity contribution in [2.45, 2.75) is 97.5 Å². The third-order valence-corrected chi connectivity index (χ3v) is 9.59. The van der Waals surface area contributed by atoms with E-state index in [1.807, 2.05) is 0 Å². The summed E-state index contributed by atoms with van der Waals surface area (Å²) >= 11 is 0. The summed E-state index contributed by atoms with van der Waals surface area (Å²) in [6, 6.07) is 0. The van der Waals surface area contributed by atoms with Gasteiger partial charge in [0.1, 0.15) is 0 Å². The lowest BCUT2D eigenvalue weighted by atomic mass is 9.44. The molecule has 0 aliphatic heterocycles. The van der Waals surface area contributed by atoms with Crippen molar-refractivity contribution in [1.82, 2.24) is 0 Å². The van der Waals surface area contributed by atoms with E-state index >= 15 is 0 Å². The predicted molar refractivity (Wildman–Crippen MR) is 102 cm³/mol. The summed E-state index contributed by atoms with van der Waals surface area (Å²) in [5.41, 5.74) is -0.548. The summed E-state index contributed by atoms with van der Waals surface area (Å²) in [6.07, 6.45) is 12.3. The Kier molecular flexibility index (Phi) is 4.32. The van der Waals surface area contributed by atoms with Gasteiger partial charge >= 0.3 is 5.97 Å². The minimum atomic E-state index is -0.876. The molecule has 0 aromatic rings. The summed E-state index contributed by atoms with van der Waals surface area (Å²) in [5, 5.41) is 0. The van der Waals surface area contributed by atoms with Crippen LogP contribution in [0, 0.1) is 34.5 Å². The van der Waals surface area contributed by atoms with Gasteiger partial charge in [-0.25, -0.2) is 0 Å². The summed E-state index contributed by atoms with van der Waals surface area (Å²) in [4.78, 5) is 24.6. The van der Waals surface area contributed by atoms with Gasteiger partial charge in [0.05, 0.1) is 0 Å². The van der Waals surface area contributed by atoms with E-state index < -0.39 is 5.60 Å². The average Bonchev–Trinajstić information content (AvgIpc) is 2.87. The zero-order valence-corrected chi connectivity index (χ0v) is 17.1. The minimum Gasteiger partial charge on any atom is -0.451 e. The van der Waals surface area contributed by atoms with E-state index in [0.29, 0.717) is 17.3 Å². The number of carbonyl (C=O) groups excluding carboxylic acids is 2. The predicted octanol–water partition coefficient (Wildman–Crippen LogP) is 5.31. The number of hydrogen-bond donors (Lipinski definition) is 0. The highest BCUT2D eigenvalue weighted by Crippen LogP contribution is 2.69. The maximum Gasteiger partial charge on any atom is 0.303 e. The molecule has 0 radical (unpaired) electrons. The molecule has 146 valence electrons. The van der Waals surface area contributed by atoms with E-state index in [9.17, 15) is 9.59 Å². The Morgan fingerprint density at radius 2 is 1.58 bits per heavy atom. The van der Waals surface area contributed by atoms with E-state index in [-0.39, 0.29) is 17.2 Å². The Bertz CT molecular complexity index is 613. The first-order chi connectivity index (χ1) is 12.2. The third kappa shape index (κ3) is 2.31. The highest BCUT2D eigenvalue weighted by molar-refractivity contribution is 5.89. The minimum absolute atomic E-state index is 0.0636. The van der Waals surface area contributed by atoms with Crippen molar-refractivity contribution in [3.8, 4) is 0 Å². The van der Waals surface area contributed by atoms with Crippen molar-refractivity contribution in [3.05, 3.63) is 0 Å². The van der Waals surface area contributed by atoms with Crippen molar-refractivity contribution in [3.63, 3.8) is 0 Å². The van der Waals surface area contributed by atoms with Gasteiger partial charge in [-0.05, 0) is 87.4 Å². The van der Waals surface area contributed by atoms with Crippen molar-refractivity contribution in [1.29, 1.82) is 0 Å². The van der Waals surface area contributed by atoms with Crippen LogP contribution in [0.15, 0.2) is 0 Å². The smallest absolute Gasteiger partial charge is 0.303 e. The normalized spacial score (nSPS) is 50.3. The first kappa shape index (κ1) is 18.5. The molecule has 0 aromatic carbocycles. The molecule has 0 bridgehead atoms. The Morgan fingerprint density at radius 1 is 0.846 bits per heavy atom. The molecule has 0 spiro atoms. The lowest BCUT2D eigenvalue weighted by Gasteiger charge is -2.61. The van der Waals surface area contributed by atoms with Gasteiger partial charge in [-0.15, -0.1) is 0 Å². The molecule has 4 rings (SSSR count). The summed E-state index contributed by atoms with van der Waals surface area (Å²) in [7, 11) is 0. The number of hydrogen-bond acceptors (Lipinski definition) is 3. The highest BCUT2D eigenvalue weighted by atomic mass is 16.6. The van der Waals surface area contributed by atoms with E-state index in [2.05, 4.69) is 13.8 Å². The zero-order chi connectivity index (χ0) is 18.7. The molecule has 0 aromatic heterocycles. The summed E-state index contributed by atoms with van der Waals surface area (Å²) < 4.78 is 5.86. The number of ketones is 1. The molecular formula is C23H36O3. The van der Waals surface area contributed by atoms with Crippen LogP contribution < -0.4 is 0 Å². The van der Waals surface area contributed by atoms with Gasteiger partial charge in [0, 0.05) is 12.3 Å². The molecule has 4 saturated carbocycles. The van der Waals surface area contributed by atoms with Crippen LogP contribution in [0.1, 0.15) is 91.9 Å². The highest BCUT2D eigenvalue weighted by Gasteiger charge is 2.67. The third-order valence-electron chi connectivity index (χ3n) is 9.59. The van der Waals surface area contributed by atoms with Gasteiger partial charge in [-0.3, -0.25) is 9.59 Å². The number of Topliss-reactive ketones (excluding diaryl/α,β-unsaturated/α-hetero) is 1. The number of rotatable bonds is 2. The van der Waals surface area contributed by atoms with Gasteiger partial charge in [-0.2, -0.15) is 0 Å². The van der Waals surface area contributed by atoms with Crippen LogP contribution in [-0.2, 0) is 14.3 Å². The second kappa shape index (κ2) is 6.07. The molecule has 1 unspecified atom stereocenters. The van der Waals surface area contributed by atoms with Crippen molar-refractivity contribution < 1.29 is 14.3 Å². The Morgan fingerprint density at radius 3 is 2.27 bits per heavy atom. The van der Waals surface area contributed by atoms with Gasteiger partial charge in [0.25, 0.3) is 0 Å². The maximum atomic E-state index is 12.7. The number of fused-ring (bicyclic) bond motifs is 5. The SMILES string of the molecule is CC(=O)O[C@]1(C(C)=O)CC[C@H]2[C@@H]3CCC4CCCC[C@]4(C)[C@H]3CC[C@@]21C. The zero-order valence-electron chi connectivity index (χ0n) is 17.1. The second-order valence-electron chi connectivity index (χ2n) is 10.4. The fraction of sp³-hybridized carbons (Fsp3) is 0.913. The Hall–Kier alpha value is -0.860. The molecule has 0 saturated heterocycles. The van der Waals surface area contributed by atoms with Gasteiger partial charge in [-0.1, -0.05) is 26.7 Å². The molecule has 7 atom stereocenters. The second-order valence-corrected chi connectivity index (χ2v) is 10.4. The van der Waals surface area contributed by atoms with Gasteiger partial charge < -0.3 is 4.74 Å². The van der Waals surface area contributed by atoms with Gasteiger partial charge in [0.15, 0.2) is 11.4 Å². The van der Waals surface area contributed by atoms with E-state index in [1.54, 1.807) is 6.92 Å². The first-order valence-corrected chi connectivity index (χ1v) is 11.0.